The standard InChI is InChI=1S/C19H20F2N2O3/c1-3-15(26-4-2)19(25)23-17-13(20)10-11-14(16(17)21)22-18(24)12-8-6-5-7-9-12/h5-11,15H,3-4H2,1-2H3,(H,22,24)(H,23,25). The van der Waals surface area contributed by atoms with Crippen LogP contribution in [0.2, 0.25) is 0 Å². The number of anilines is 2. The molecule has 7 heteroatoms. The summed E-state index contributed by atoms with van der Waals surface area (Å²) in [5.41, 5.74) is -0.539. The first-order valence-corrected chi connectivity index (χ1v) is 8.24. The molecule has 2 N–H and O–H groups in total. The SMILES string of the molecule is CCOC(CC)C(=O)Nc1c(F)ccc(NC(=O)c2ccccc2)c1F. The molecule has 138 valence electrons. The highest BCUT2D eigenvalue weighted by atomic mass is 19.1. The largest absolute Gasteiger partial charge is 0.369 e. The van der Waals surface area contributed by atoms with E-state index in [1.165, 1.54) is 0 Å². The molecular formula is C19H20F2N2O3. The highest BCUT2D eigenvalue weighted by Crippen LogP contribution is 2.26. The Labute approximate surface area is 150 Å². The van der Waals surface area contributed by atoms with E-state index in [-0.39, 0.29) is 5.69 Å². The molecule has 26 heavy (non-hydrogen) atoms. The second-order valence-corrected chi connectivity index (χ2v) is 5.45. The van der Waals surface area contributed by atoms with Gasteiger partial charge in [0, 0.05) is 12.2 Å². The van der Waals surface area contributed by atoms with E-state index >= 15 is 0 Å². The molecule has 0 aliphatic carbocycles. The number of nitrogens with one attached hydrogen (secondary N) is 2. The second-order valence-electron chi connectivity index (χ2n) is 5.45. The zero-order chi connectivity index (χ0) is 19.1. The molecule has 0 saturated carbocycles. The molecule has 1 unspecified atom stereocenters. The van der Waals surface area contributed by atoms with E-state index in [1.54, 1.807) is 44.2 Å². The lowest BCUT2D eigenvalue weighted by Gasteiger charge is -2.16. The molecule has 0 saturated heterocycles. The van der Waals surface area contributed by atoms with Crippen LogP contribution in [0.5, 0.6) is 0 Å². The molecule has 2 aromatic carbocycles. The van der Waals surface area contributed by atoms with Crippen LogP contribution >= 0.6 is 0 Å². The quantitative estimate of drug-likeness (QED) is 0.783. The Morgan fingerprint density at radius 2 is 1.73 bits per heavy atom. The fourth-order valence-corrected chi connectivity index (χ4v) is 2.33. The van der Waals surface area contributed by atoms with Crippen molar-refractivity contribution >= 4 is 23.2 Å². The molecule has 0 aliphatic rings. The number of ether oxygens (including phenoxy) is 1. The Bertz CT molecular complexity index is 782. The minimum Gasteiger partial charge on any atom is -0.369 e. The summed E-state index contributed by atoms with van der Waals surface area (Å²) in [6.07, 6.45) is -0.464. The Morgan fingerprint density at radius 3 is 2.35 bits per heavy atom. The van der Waals surface area contributed by atoms with E-state index in [0.717, 1.165) is 12.1 Å². The number of carbonyl (C=O) groups is 2. The zero-order valence-electron chi connectivity index (χ0n) is 14.5. The first kappa shape index (κ1) is 19.5. The third kappa shape index (κ3) is 4.64. The van der Waals surface area contributed by atoms with Gasteiger partial charge in [-0.05, 0) is 37.6 Å². The van der Waals surface area contributed by atoms with Crippen molar-refractivity contribution in [3.63, 3.8) is 0 Å². The minimum atomic E-state index is -1.06. The molecule has 0 spiro atoms. The summed E-state index contributed by atoms with van der Waals surface area (Å²) >= 11 is 0. The Balaban J connectivity index is 2.22. The topological polar surface area (TPSA) is 67.4 Å². The molecule has 1 atom stereocenters. The number of amides is 2. The lowest BCUT2D eigenvalue weighted by molar-refractivity contribution is -0.127. The molecule has 0 aliphatic heterocycles. The summed E-state index contributed by atoms with van der Waals surface area (Å²) in [5, 5.41) is 4.58. The van der Waals surface area contributed by atoms with Crippen molar-refractivity contribution in [2.75, 3.05) is 17.2 Å². The summed E-state index contributed by atoms with van der Waals surface area (Å²) < 4.78 is 33.8. The molecule has 0 fully saturated rings. The molecule has 0 heterocycles. The summed E-state index contributed by atoms with van der Waals surface area (Å²) in [6.45, 7) is 3.74. The van der Waals surface area contributed by atoms with Gasteiger partial charge >= 0.3 is 0 Å². The first-order valence-electron chi connectivity index (χ1n) is 8.24. The second kappa shape index (κ2) is 9.05. The molecule has 0 aromatic heterocycles. The maximum absolute atomic E-state index is 14.6. The Kier molecular flexibility index (Phi) is 6.80. The highest BCUT2D eigenvalue weighted by molar-refractivity contribution is 6.05. The molecule has 5 nitrogen and oxygen atoms in total. The Morgan fingerprint density at radius 1 is 1.04 bits per heavy atom. The third-order valence-electron chi connectivity index (χ3n) is 3.65. The minimum absolute atomic E-state index is 0.236. The van der Waals surface area contributed by atoms with Crippen molar-refractivity contribution in [1.82, 2.24) is 0 Å². The van der Waals surface area contributed by atoms with Crippen molar-refractivity contribution in [2.24, 2.45) is 0 Å². The molecule has 2 rings (SSSR count). The van der Waals surface area contributed by atoms with E-state index < -0.39 is 35.2 Å². The van der Waals surface area contributed by atoms with Crippen molar-refractivity contribution in [3.05, 3.63) is 59.7 Å². The van der Waals surface area contributed by atoms with Gasteiger partial charge in [0.1, 0.15) is 17.6 Å². The van der Waals surface area contributed by atoms with Crippen LogP contribution in [0.3, 0.4) is 0 Å². The average molecular weight is 362 g/mol. The molecule has 0 bridgehead atoms. The maximum Gasteiger partial charge on any atom is 0.255 e. The van der Waals surface area contributed by atoms with Crippen LogP contribution in [0.1, 0.15) is 30.6 Å². The first-order chi connectivity index (χ1) is 12.5. The predicted molar refractivity (Wildman–Crippen MR) is 95.1 cm³/mol. The van der Waals surface area contributed by atoms with Gasteiger partial charge in [-0.3, -0.25) is 9.59 Å². The van der Waals surface area contributed by atoms with Crippen LogP contribution in [-0.4, -0.2) is 24.5 Å². The molecule has 2 aromatic rings. The molecular weight excluding hydrogens is 342 g/mol. The van der Waals surface area contributed by atoms with Gasteiger partial charge < -0.3 is 15.4 Å². The van der Waals surface area contributed by atoms with Crippen LogP contribution in [0.4, 0.5) is 20.2 Å². The van der Waals surface area contributed by atoms with Crippen LogP contribution in [0.15, 0.2) is 42.5 Å². The predicted octanol–water partition coefficient (Wildman–Crippen LogP) is 3.97. The number of halogens is 2. The van der Waals surface area contributed by atoms with E-state index in [2.05, 4.69) is 10.6 Å². The summed E-state index contributed by atoms with van der Waals surface area (Å²) in [6, 6.07) is 10.3. The van der Waals surface area contributed by atoms with Crippen LogP contribution in [0.25, 0.3) is 0 Å². The molecule has 2 amide bonds. The van der Waals surface area contributed by atoms with Gasteiger partial charge in [0.25, 0.3) is 11.8 Å². The lowest BCUT2D eigenvalue weighted by atomic mass is 10.2. The van der Waals surface area contributed by atoms with Gasteiger partial charge in [0.15, 0.2) is 5.82 Å². The zero-order valence-corrected chi connectivity index (χ0v) is 14.5. The number of hydrogen-bond acceptors (Lipinski definition) is 3. The van der Waals surface area contributed by atoms with Crippen molar-refractivity contribution in [1.29, 1.82) is 0 Å². The average Bonchev–Trinajstić information content (AvgIpc) is 2.65. The van der Waals surface area contributed by atoms with Crippen LogP contribution in [0, 0.1) is 11.6 Å². The van der Waals surface area contributed by atoms with Crippen molar-refractivity contribution in [3.8, 4) is 0 Å². The highest BCUT2D eigenvalue weighted by Gasteiger charge is 2.22. The summed E-state index contributed by atoms with van der Waals surface area (Å²) in [4.78, 5) is 24.3. The van der Waals surface area contributed by atoms with Crippen LogP contribution in [-0.2, 0) is 9.53 Å². The number of benzene rings is 2. The number of carbonyl (C=O) groups excluding carboxylic acids is 2. The summed E-state index contributed by atoms with van der Waals surface area (Å²) in [7, 11) is 0. The number of hydrogen-bond donors (Lipinski definition) is 2. The normalized spacial score (nSPS) is 11.7. The Hall–Kier alpha value is -2.80. The molecule has 0 radical (unpaired) electrons. The van der Waals surface area contributed by atoms with Crippen molar-refractivity contribution < 1.29 is 23.1 Å². The lowest BCUT2D eigenvalue weighted by Crippen LogP contribution is -2.30. The smallest absolute Gasteiger partial charge is 0.255 e. The fraction of sp³-hybridized carbons (Fsp3) is 0.263. The monoisotopic (exact) mass is 362 g/mol. The van der Waals surface area contributed by atoms with Gasteiger partial charge in [-0.25, -0.2) is 8.78 Å². The van der Waals surface area contributed by atoms with Gasteiger partial charge in [0.05, 0.1) is 5.69 Å². The van der Waals surface area contributed by atoms with Gasteiger partial charge in [-0.15, -0.1) is 0 Å². The van der Waals surface area contributed by atoms with E-state index in [0.29, 0.717) is 18.6 Å². The van der Waals surface area contributed by atoms with Gasteiger partial charge in [0.2, 0.25) is 0 Å². The van der Waals surface area contributed by atoms with Crippen LogP contribution < -0.4 is 10.6 Å². The van der Waals surface area contributed by atoms with Gasteiger partial charge in [-0.2, -0.15) is 0 Å². The summed E-state index contributed by atoms with van der Waals surface area (Å²) in [5.74, 6) is -3.21. The van der Waals surface area contributed by atoms with Gasteiger partial charge in [-0.1, -0.05) is 25.1 Å². The third-order valence-corrected chi connectivity index (χ3v) is 3.65. The van der Waals surface area contributed by atoms with E-state index in [4.69, 9.17) is 4.74 Å². The van der Waals surface area contributed by atoms with Crippen molar-refractivity contribution in [2.45, 2.75) is 26.4 Å². The van der Waals surface area contributed by atoms with E-state index in [9.17, 15) is 18.4 Å². The maximum atomic E-state index is 14.6. The van der Waals surface area contributed by atoms with E-state index in [1.807, 2.05) is 0 Å². The fourth-order valence-electron chi connectivity index (χ4n) is 2.33. The number of rotatable bonds is 7.